The average Bonchev–Trinajstić information content (AvgIpc) is 3.73. The van der Waals surface area contributed by atoms with E-state index in [1.54, 1.807) is 0 Å². The number of fused-ring (bicyclic) bond motifs is 10. The van der Waals surface area contributed by atoms with Crippen molar-refractivity contribution in [3.63, 3.8) is 0 Å². The van der Waals surface area contributed by atoms with Crippen LogP contribution in [-0.2, 0) is 0 Å². The van der Waals surface area contributed by atoms with Gasteiger partial charge in [0.05, 0.1) is 0 Å². The molecule has 286 valence electrons. The van der Waals surface area contributed by atoms with E-state index in [0.29, 0.717) is 0 Å². The van der Waals surface area contributed by atoms with Crippen LogP contribution in [0.1, 0.15) is 0 Å². The third-order valence-corrected chi connectivity index (χ3v) is 12.1. The minimum Gasteiger partial charge on any atom is -0.455 e. The zero-order chi connectivity index (χ0) is 40.3. The Labute approximate surface area is 353 Å². The van der Waals surface area contributed by atoms with Gasteiger partial charge in [-0.15, -0.1) is 0 Å². The lowest BCUT2D eigenvalue weighted by Crippen LogP contribution is -2.13. The maximum absolute atomic E-state index is 6.85. The van der Waals surface area contributed by atoms with E-state index in [2.05, 4.69) is 240 Å². The predicted octanol–water partition coefficient (Wildman–Crippen LogP) is 16.8. The molecule has 0 saturated heterocycles. The van der Waals surface area contributed by atoms with Gasteiger partial charge in [-0.1, -0.05) is 152 Å². The van der Waals surface area contributed by atoms with Crippen LogP contribution in [0.5, 0.6) is 0 Å². The Balaban J connectivity index is 1.06. The second kappa shape index (κ2) is 14.3. The second-order valence-electron chi connectivity index (χ2n) is 15.7. The molecular weight excluding hydrogens is 741 g/mol. The molecule has 0 N–H and O–H groups in total. The van der Waals surface area contributed by atoms with Gasteiger partial charge in [0.1, 0.15) is 11.2 Å². The first-order valence-corrected chi connectivity index (χ1v) is 20.8. The molecule has 11 aromatic carbocycles. The van der Waals surface area contributed by atoms with Gasteiger partial charge < -0.3 is 14.2 Å². The zero-order valence-corrected chi connectivity index (χ0v) is 33.2. The summed E-state index contributed by atoms with van der Waals surface area (Å²) in [4.78, 5) is 4.73. The topological polar surface area (TPSA) is 19.6 Å². The highest BCUT2D eigenvalue weighted by molar-refractivity contribution is 6.31. The van der Waals surface area contributed by atoms with Crippen molar-refractivity contribution in [3.05, 3.63) is 231 Å². The number of rotatable bonds is 7. The first-order valence-electron chi connectivity index (χ1n) is 20.8. The van der Waals surface area contributed by atoms with E-state index in [1.807, 2.05) is 0 Å². The highest BCUT2D eigenvalue weighted by Crippen LogP contribution is 2.46. The van der Waals surface area contributed by atoms with Crippen molar-refractivity contribution in [3.8, 4) is 11.1 Å². The molecule has 0 aliphatic heterocycles. The van der Waals surface area contributed by atoms with Crippen molar-refractivity contribution in [1.29, 1.82) is 0 Å². The van der Waals surface area contributed by atoms with Crippen LogP contribution in [0.15, 0.2) is 235 Å². The Morgan fingerprint density at radius 3 is 1.48 bits per heavy atom. The Kier molecular flexibility index (Phi) is 8.17. The minimum atomic E-state index is 0.886. The molecule has 1 heterocycles. The number of hydrogen-bond acceptors (Lipinski definition) is 3. The van der Waals surface area contributed by atoms with Crippen molar-refractivity contribution >= 4 is 99.2 Å². The fourth-order valence-corrected chi connectivity index (χ4v) is 9.27. The molecule has 12 rings (SSSR count). The number of nitrogens with zero attached hydrogens (tertiary/aromatic N) is 2. The Hall–Kier alpha value is -8.14. The van der Waals surface area contributed by atoms with Gasteiger partial charge in [-0.2, -0.15) is 0 Å². The van der Waals surface area contributed by atoms with Crippen LogP contribution < -0.4 is 9.80 Å². The molecule has 1 aromatic heterocycles. The lowest BCUT2D eigenvalue weighted by atomic mass is 9.93. The van der Waals surface area contributed by atoms with E-state index >= 15 is 0 Å². The third-order valence-electron chi connectivity index (χ3n) is 12.1. The number of hydrogen-bond donors (Lipinski definition) is 0. The van der Waals surface area contributed by atoms with E-state index in [9.17, 15) is 0 Å². The van der Waals surface area contributed by atoms with Gasteiger partial charge in [-0.05, 0) is 128 Å². The van der Waals surface area contributed by atoms with Crippen LogP contribution >= 0.6 is 0 Å². The molecule has 0 atom stereocenters. The summed E-state index contributed by atoms with van der Waals surface area (Å²) in [7, 11) is 0. The number of anilines is 6. The Morgan fingerprint density at radius 2 is 0.770 bits per heavy atom. The Bertz CT molecular complexity index is 3530. The maximum Gasteiger partial charge on any atom is 0.143 e. The molecule has 0 unspecified atom stereocenters. The van der Waals surface area contributed by atoms with Crippen LogP contribution in [-0.4, -0.2) is 0 Å². The molecule has 0 aliphatic carbocycles. The van der Waals surface area contributed by atoms with Crippen LogP contribution in [0.2, 0.25) is 0 Å². The van der Waals surface area contributed by atoms with E-state index in [1.165, 1.54) is 43.4 Å². The van der Waals surface area contributed by atoms with Gasteiger partial charge in [0.25, 0.3) is 0 Å². The van der Waals surface area contributed by atoms with Crippen molar-refractivity contribution in [2.45, 2.75) is 0 Å². The molecule has 0 amide bonds. The lowest BCUT2D eigenvalue weighted by molar-refractivity contribution is 0.673. The first kappa shape index (κ1) is 34.9. The molecule has 0 saturated carbocycles. The van der Waals surface area contributed by atoms with Gasteiger partial charge in [0, 0.05) is 50.3 Å². The summed E-state index contributed by atoms with van der Waals surface area (Å²) in [6, 6.07) is 83.0. The van der Waals surface area contributed by atoms with E-state index in [4.69, 9.17) is 4.42 Å². The maximum atomic E-state index is 6.85. The number of furan rings is 1. The smallest absolute Gasteiger partial charge is 0.143 e. The summed E-state index contributed by atoms with van der Waals surface area (Å²) in [5, 5.41) is 11.7. The van der Waals surface area contributed by atoms with Gasteiger partial charge in [0.2, 0.25) is 0 Å². The molecular formula is C58H38N2O. The fourth-order valence-electron chi connectivity index (χ4n) is 9.27. The quantitative estimate of drug-likeness (QED) is 0.150. The normalized spacial score (nSPS) is 11.6. The summed E-state index contributed by atoms with van der Waals surface area (Å²) in [6.07, 6.45) is 0. The van der Waals surface area contributed by atoms with Gasteiger partial charge in [0.15, 0.2) is 0 Å². The highest BCUT2D eigenvalue weighted by atomic mass is 16.3. The SMILES string of the molecule is c1ccc(-c2ccc3c4ccc(N(c5ccccc5)c5cccc(N(c6ccc7ccccc7c6)c6ccc7ccccc7c6)c5)cc4c4oc5ccccc5c4c3c2)cc1. The first-order chi connectivity index (χ1) is 30.2. The van der Waals surface area contributed by atoms with Crippen LogP contribution in [0.25, 0.3) is 76.2 Å². The van der Waals surface area contributed by atoms with E-state index in [0.717, 1.165) is 66.8 Å². The van der Waals surface area contributed by atoms with Crippen molar-refractivity contribution < 1.29 is 4.42 Å². The molecule has 0 radical (unpaired) electrons. The minimum absolute atomic E-state index is 0.886. The van der Waals surface area contributed by atoms with Gasteiger partial charge in [-0.3, -0.25) is 0 Å². The van der Waals surface area contributed by atoms with E-state index in [-0.39, 0.29) is 0 Å². The summed E-state index contributed by atoms with van der Waals surface area (Å²) in [5.41, 5.74) is 10.6. The number of benzene rings is 11. The molecule has 0 aliphatic rings. The summed E-state index contributed by atoms with van der Waals surface area (Å²) in [5.74, 6) is 0. The fraction of sp³-hybridized carbons (Fsp3) is 0. The van der Waals surface area contributed by atoms with E-state index < -0.39 is 0 Å². The molecule has 3 heteroatoms. The largest absolute Gasteiger partial charge is 0.455 e. The van der Waals surface area contributed by atoms with Crippen molar-refractivity contribution in [1.82, 2.24) is 0 Å². The standard InChI is InChI=1S/C58H38N2O/c1-3-14-39(15-4-1)44-28-32-51-52-33-31-50(38-55(52)58-57(54(51)36-44)53-24-11-12-25-56(53)61-58)59(45-20-5-2-6-21-45)46-22-13-23-47(37-46)60(48-29-26-40-16-7-9-18-42(40)34-48)49-30-27-41-17-8-10-19-43(41)35-49/h1-38H. The summed E-state index contributed by atoms with van der Waals surface area (Å²) in [6.45, 7) is 0. The van der Waals surface area contributed by atoms with Crippen LogP contribution in [0, 0.1) is 0 Å². The summed E-state index contributed by atoms with van der Waals surface area (Å²) >= 11 is 0. The Morgan fingerprint density at radius 1 is 0.262 bits per heavy atom. The number of para-hydroxylation sites is 2. The molecule has 0 spiro atoms. The molecule has 0 bridgehead atoms. The molecule has 12 aromatic rings. The molecule has 61 heavy (non-hydrogen) atoms. The van der Waals surface area contributed by atoms with Crippen molar-refractivity contribution in [2.75, 3.05) is 9.80 Å². The zero-order valence-electron chi connectivity index (χ0n) is 33.2. The lowest BCUT2D eigenvalue weighted by Gasteiger charge is -2.30. The second-order valence-corrected chi connectivity index (χ2v) is 15.7. The highest BCUT2D eigenvalue weighted by Gasteiger charge is 2.21. The average molecular weight is 779 g/mol. The molecule has 3 nitrogen and oxygen atoms in total. The summed E-state index contributed by atoms with van der Waals surface area (Å²) < 4.78 is 6.85. The van der Waals surface area contributed by atoms with Crippen LogP contribution in [0.4, 0.5) is 34.1 Å². The van der Waals surface area contributed by atoms with Gasteiger partial charge in [-0.25, -0.2) is 0 Å². The third kappa shape index (κ3) is 5.98. The van der Waals surface area contributed by atoms with Gasteiger partial charge >= 0.3 is 0 Å². The monoisotopic (exact) mass is 778 g/mol. The predicted molar refractivity (Wildman–Crippen MR) is 259 cm³/mol. The molecule has 0 fully saturated rings. The van der Waals surface area contributed by atoms with Crippen LogP contribution in [0.3, 0.4) is 0 Å². The van der Waals surface area contributed by atoms with Crippen molar-refractivity contribution in [2.24, 2.45) is 0 Å².